The smallest absolute Gasteiger partial charge is 0.260 e. The second-order valence-corrected chi connectivity index (χ2v) is 6.94. The fourth-order valence-electron chi connectivity index (χ4n) is 2.71. The molecule has 10 heteroatoms. The molecule has 0 aliphatic rings. The number of nitrogens with zero attached hydrogens (tertiary/aromatic N) is 4. The summed E-state index contributed by atoms with van der Waals surface area (Å²) in [5.74, 6) is -0.000475. The van der Waals surface area contributed by atoms with Crippen LogP contribution in [-0.4, -0.2) is 31.8 Å². The quantitative estimate of drug-likeness (QED) is 0.507. The third-order valence-corrected chi connectivity index (χ3v) is 4.87. The number of furan rings is 1. The van der Waals surface area contributed by atoms with E-state index in [1.807, 2.05) is 18.2 Å². The minimum absolute atomic E-state index is 0.0722. The van der Waals surface area contributed by atoms with Crippen molar-refractivity contribution in [3.05, 3.63) is 71.4 Å². The van der Waals surface area contributed by atoms with Gasteiger partial charge in [0.1, 0.15) is 5.76 Å². The zero-order valence-corrected chi connectivity index (χ0v) is 16.1. The summed E-state index contributed by atoms with van der Waals surface area (Å²) in [6.45, 7) is 1.71. The van der Waals surface area contributed by atoms with Crippen LogP contribution in [0.3, 0.4) is 0 Å². The highest BCUT2D eigenvalue weighted by Crippen LogP contribution is 2.21. The van der Waals surface area contributed by atoms with E-state index in [2.05, 4.69) is 25.9 Å². The standard InChI is InChI=1S/C19H16N6O3S/c1-12-14(6-9-28-12)18(27)23-19-21-13(11-29-19)10-17(26)22-15-4-2-3-5-16(15)25-8-7-20-24-25/h2-9,11H,10H2,1H3,(H,22,26)(H,21,23,27). The number of para-hydroxylation sites is 2. The van der Waals surface area contributed by atoms with Crippen LogP contribution in [0.5, 0.6) is 0 Å². The van der Waals surface area contributed by atoms with Gasteiger partial charge in [0.2, 0.25) is 5.91 Å². The van der Waals surface area contributed by atoms with Crippen LogP contribution >= 0.6 is 11.3 Å². The predicted molar refractivity (Wildman–Crippen MR) is 107 cm³/mol. The Hall–Kier alpha value is -3.79. The summed E-state index contributed by atoms with van der Waals surface area (Å²) in [6, 6.07) is 8.89. The lowest BCUT2D eigenvalue weighted by molar-refractivity contribution is -0.115. The average Bonchev–Trinajstić information content (AvgIpc) is 3.45. The summed E-state index contributed by atoms with van der Waals surface area (Å²) in [6.07, 6.45) is 4.79. The summed E-state index contributed by atoms with van der Waals surface area (Å²) in [4.78, 5) is 29.0. The lowest BCUT2D eigenvalue weighted by atomic mass is 10.2. The zero-order chi connectivity index (χ0) is 20.2. The summed E-state index contributed by atoms with van der Waals surface area (Å²) in [5, 5.41) is 15.5. The number of amides is 2. The molecule has 146 valence electrons. The van der Waals surface area contributed by atoms with Gasteiger partial charge in [-0.05, 0) is 25.1 Å². The molecule has 0 aliphatic carbocycles. The minimum atomic E-state index is -0.302. The summed E-state index contributed by atoms with van der Waals surface area (Å²) in [7, 11) is 0. The lowest BCUT2D eigenvalue weighted by Gasteiger charge is -2.09. The van der Waals surface area contributed by atoms with Crippen LogP contribution < -0.4 is 10.6 Å². The summed E-state index contributed by atoms with van der Waals surface area (Å²) in [5.41, 5.74) is 2.33. The van der Waals surface area contributed by atoms with Crippen molar-refractivity contribution < 1.29 is 14.0 Å². The van der Waals surface area contributed by atoms with E-state index in [0.29, 0.717) is 33.5 Å². The molecule has 0 saturated heterocycles. The van der Waals surface area contributed by atoms with Crippen molar-refractivity contribution in [2.75, 3.05) is 10.6 Å². The van der Waals surface area contributed by atoms with Gasteiger partial charge in [-0.3, -0.25) is 14.9 Å². The Kier molecular flexibility index (Phi) is 5.16. The molecule has 0 aliphatic heterocycles. The molecule has 0 atom stereocenters. The maximum atomic E-state index is 12.5. The summed E-state index contributed by atoms with van der Waals surface area (Å²) < 4.78 is 6.71. The molecule has 0 spiro atoms. The SMILES string of the molecule is Cc1occc1C(=O)Nc1nc(CC(=O)Nc2ccccc2-n2ccnn2)cs1. The van der Waals surface area contributed by atoms with Crippen molar-refractivity contribution in [1.82, 2.24) is 20.0 Å². The molecule has 4 aromatic rings. The Balaban J connectivity index is 1.40. The minimum Gasteiger partial charge on any atom is -0.469 e. The van der Waals surface area contributed by atoms with Crippen LogP contribution in [0.2, 0.25) is 0 Å². The number of thiazole rings is 1. The molecule has 2 amide bonds. The Labute approximate surface area is 169 Å². The van der Waals surface area contributed by atoms with Crippen molar-refractivity contribution in [2.45, 2.75) is 13.3 Å². The van der Waals surface area contributed by atoms with Crippen molar-refractivity contribution in [3.63, 3.8) is 0 Å². The molecule has 29 heavy (non-hydrogen) atoms. The Morgan fingerprint density at radius 1 is 1.21 bits per heavy atom. The number of benzene rings is 1. The molecule has 3 heterocycles. The van der Waals surface area contributed by atoms with Gasteiger partial charge in [-0.2, -0.15) is 0 Å². The third-order valence-electron chi connectivity index (χ3n) is 4.06. The molecule has 4 rings (SSSR count). The van der Waals surface area contributed by atoms with Crippen LogP contribution in [-0.2, 0) is 11.2 Å². The van der Waals surface area contributed by atoms with Crippen LogP contribution in [0.4, 0.5) is 10.8 Å². The van der Waals surface area contributed by atoms with E-state index in [4.69, 9.17) is 4.42 Å². The number of rotatable bonds is 6. The molecule has 0 bridgehead atoms. The maximum Gasteiger partial charge on any atom is 0.260 e. The molecular weight excluding hydrogens is 392 g/mol. The van der Waals surface area contributed by atoms with Crippen LogP contribution in [0, 0.1) is 6.92 Å². The van der Waals surface area contributed by atoms with Crippen molar-refractivity contribution in [2.24, 2.45) is 0 Å². The second-order valence-electron chi connectivity index (χ2n) is 6.08. The maximum absolute atomic E-state index is 12.5. The van der Waals surface area contributed by atoms with Gasteiger partial charge in [0.25, 0.3) is 5.91 Å². The van der Waals surface area contributed by atoms with Gasteiger partial charge in [0, 0.05) is 5.38 Å². The highest BCUT2D eigenvalue weighted by Gasteiger charge is 2.15. The fourth-order valence-corrected chi connectivity index (χ4v) is 3.41. The van der Waals surface area contributed by atoms with E-state index in [1.54, 1.807) is 41.5 Å². The van der Waals surface area contributed by atoms with Gasteiger partial charge >= 0.3 is 0 Å². The number of hydrogen-bond acceptors (Lipinski definition) is 7. The third kappa shape index (κ3) is 4.22. The molecule has 0 fully saturated rings. The molecule has 3 aromatic heterocycles. The predicted octanol–water partition coefficient (Wildman–Crippen LogP) is 3.06. The van der Waals surface area contributed by atoms with Crippen LogP contribution in [0.15, 0.2) is 58.8 Å². The molecule has 0 radical (unpaired) electrons. The number of aromatic nitrogens is 4. The zero-order valence-electron chi connectivity index (χ0n) is 15.3. The van der Waals surface area contributed by atoms with Crippen LogP contribution in [0.25, 0.3) is 5.69 Å². The first kappa shape index (κ1) is 18.6. The van der Waals surface area contributed by atoms with Gasteiger partial charge in [0.15, 0.2) is 5.13 Å². The second kappa shape index (κ2) is 8.07. The first-order chi connectivity index (χ1) is 14.1. The Morgan fingerprint density at radius 3 is 2.83 bits per heavy atom. The van der Waals surface area contributed by atoms with Gasteiger partial charge in [-0.25, -0.2) is 9.67 Å². The normalized spacial score (nSPS) is 10.7. The number of hydrogen-bond donors (Lipinski definition) is 2. The van der Waals surface area contributed by atoms with Crippen molar-refractivity contribution in [3.8, 4) is 5.69 Å². The number of aryl methyl sites for hydroxylation is 1. The van der Waals surface area contributed by atoms with E-state index in [1.165, 1.54) is 17.6 Å². The fraction of sp³-hybridized carbons (Fsp3) is 0.105. The summed E-state index contributed by atoms with van der Waals surface area (Å²) >= 11 is 1.25. The molecular formula is C19H16N6O3S. The highest BCUT2D eigenvalue weighted by molar-refractivity contribution is 7.14. The van der Waals surface area contributed by atoms with Gasteiger partial charge in [0.05, 0.1) is 47.7 Å². The lowest BCUT2D eigenvalue weighted by Crippen LogP contribution is -2.16. The molecule has 9 nitrogen and oxygen atoms in total. The highest BCUT2D eigenvalue weighted by atomic mass is 32.1. The van der Waals surface area contributed by atoms with E-state index in [0.717, 1.165) is 0 Å². The van der Waals surface area contributed by atoms with Crippen LogP contribution in [0.1, 0.15) is 21.8 Å². The van der Waals surface area contributed by atoms with E-state index in [9.17, 15) is 9.59 Å². The first-order valence-corrected chi connectivity index (χ1v) is 9.53. The van der Waals surface area contributed by atoms with E-state index < -0.39 is 0 Å². The van der Waals surface area contributed by atoms with Gasteiger partial charge in [-0.15, -0.1) is 16.4 Å². The topological polar surface area (TPSA) is 115 Å². The largest absolute Gasteiger partial charge is 0.469 e. The number of nitrogens with one attached hydrogen (secondary N) is 2. The van der Waals surface area contributed by atoms with Crippen molar-refractivity contribution >= 4 is 34.0 Å². The number of carbonyl (C=O) groups excluding carboxylic acids is 2. The number of anilines is 2. The molecule has 0 unspecified atom stereocenters. The molecule has 0 saturated carbocycles. The number of carbonyl (C=O) groups is 2. The Morgan fingerprint density at radius 2 is 2.07 bits per heavy atom. The first-order valence-electron chi connectivity index (χ1n) is 8.65. The average molecular weight is 408 g/mol. The van der Waals surface area contributed by atoms with Gasteiger partial charge in [-0.1, -0.05) is 17.3 Å². The van der Waals surface area contributed by atoms with E-state index in [-0.39, 0.29) is 18.2 Å². The van der Waals surface area contributed by atoms with Crippen molar-refractivity contribution in [1.29, 1.82) is 0 Å². The monoisotopic (exact) mass is 408 g/mol. The van der Waals surface area contributed by atoms with E-state index >= 15 is 0 Å². The Bertz CT molecular complexity index is 1150. The van der Waals surface area contributed by atoms with Gasteiger partial charge < -0.3 is 9.73 Å². The molecule has 2 N–H and O–H groups in total. The molecule has 1 aromatic carbocycles.